The standard InChI is InChI=1S/C11H11NO/c1-7-8-4-2-3-5-9(8)10(12)6-11(7)13/h2-6,13H,12H2,1H3. The van der Waals surface area contributed by atoms with Crippen LogP contribution in [0.25, 0.3) is 10.8 Å². The van der Waals surface area contributed by atoms with Gasteiger partial charge in [0.25, 0.3) is 0 Å². The molecule has 0 aliphatic carbocycles. The van der Waals surface area contributed by atoms with Gasteiger partial charge in [0.1, 0.15) is 5.75 Å². The molecule has 2 rings (SSSR count). The second-order valence-corrected chi connectivity index (χ2v) is 3.16. The van der Waals surface area contributed by atoms with Gasteiger partial charge in [-0.05, 0) is 17.9 Å². The maximum absolute atomic E-state index is 9.52. The van der Waals surface area contributed by atoms with Gasteiger partial charge in [-0.2, -0.15) is 0 Å². The van der Waals surface area contributed by atoms with Crippen molar-refractivity contribution in [2.75, 3.05) is 5.73 Å². The fourth-order valence-electron chi connectivity index (χ4n) is 1.53. The van der Waals surface area contributed by atoms with Crippen molar-refractivity contribution in [3.05, 3.63) is 35.9 Å². The van der Waals surface area contributed by atoms with E-state index in [4.69, 9.17) is 5.73 Å². The summed E-state index contributed by atoms with van der Waals surface area (Å²) in [5.74, 6) is 0.260. The normalized spacial score (nSPS) is 10.5. The summed E-state index contributed by atoms with van der Waals surface area (Å²) in [7, 11) is 0. The molecule has 0 amide bonds. The van der Waals surface area contributed by atoms with Gasteiger partial charge in [0, 0.05) is 17.1 Å². The van der Waals surface area contributed by atoms with Gasteiger partial charge in [0.15, 0.2) is 0 Å². The zero-order valence-electron chi connectivity index (χ0n) is 7.41. The van der Waals surface area contributed by atoms with Crippen LogP contribution in [0.4, 0.5) is 5.69 Å². The second kappa shape index (κ2) is 2.66. The Kier molecular flexibility index (Phi) is 1.62. The van der Waals surface area contributed by atoms with Gasteiger partial charge < -0.3 is 10.8 Å². The topological polar surface area (TPSA) is 46.2 Å². The molecule has 0 unspecified atom stereocenters. The summed E-state index contributed by atoms with van der Waals surface area (Å²) in [6, 6.07) is 9.39. The molecule has 0 bridgehead atoms. The lowest BCUT2D eigenvalue weighted by atomic mass is 10.0. The number of aryl methyl sites for hydroxylation is 1. The second-order valence-electron chi connectivity index (χ2n) is 3.16. The fourth-order valence-corrected chi connectivity index (χ4v) is 1.53. The van der Waals surface area contributed by atoms with E-state index in [0.29, 0.717) is 5.69 Å². The van der Waals surface area contributed by atoms with Crippen molar-refractivity contribution in [2.45, 2.75) is 6.92 Å². The number of nitrogens with two attached hydrogens (primary N) is 1. The highest BCUT2D eigenvalue weighted by Gasteiger charge is 2.04. The summed E-state index contributed by atoms with van der Waals surface area (Å²) in [5, 5.41) is 11.5. The SMILES string of the molecule is Cc1c(O)cc(N)c2ccccc12. The Morgan fingerprint density at radius 1 is 1.15 bits per heavy atom. The molecule has 0 fully saturated rings. The minimum Gasteiger partial charge on any atom is -0.508 e. The average molecular weight is 173 g/mol. The van der Waals surface area contributed by atoms with E-state index in [2.05, 4.69) is 0 Å². The highest BCUT2D eigenvalue weighted by atomic mass is 16.3. The predicted molar refractivity (Wildman–Crippen MR) is 54.8 cm³/mol. The van der Waals surface area contributed by atoms with E-state index in [1.807, 2.05) is 31.2 Å². The highest BCUT2D eigenvalue weighted by molar-refractivity contribution is 5.96. The van der Waals surface area contributed by atoms with Crippen molar-refractivity contribution in [3.8, 4) is 5.75 Å². The van der Waals surface area contributed by atoms with Crippen LogP contribution in [0.1, 0.15) is 5.56 Å². The van der Waals surface area contributed by atoms with E-state index < -0.39 is 0 Å². The summed E-state index contributed by atoms with van der Waals surface area (Å²) < 4.78 is 0. The lowest BCUT2D eigenvalue weighted by Gasteiger charge is -2.06. The molecule has 0 spiro atoms. The number of aromatic hydroxyl groups is 1. The van der Waals surface area contributed by atoms with Crippen molar-refractivity contribution in [1.29, 1.82) is 0 Å². The van der Waals surface area contributed by atoms with Gasteiger partial charge in [0.05, 0.1) is 0 Å². The molecular formula is C11H11NO. The lowest BCUT2D eigenvalue weighted by Crippen LogP contribution is -1.89. The largest absolute Gasteiger partial charge is 0.508 e. The minimum absolute atomic E-state index is 0.260. The molecular weight excluding hydrogens is 162 g/mol. The Labute approximate surface area is 76.6 Å². The molecule has 0 aliphatic rings. The molecule has 3 N–H and O–H groups in total. The van der Waals surface area contributed by atoms with E-state index in [1.54, 1.807) is 6.07 Å². The molecule has 2 aromatic rings. The molecule has 0 saturated carbocycles. The first-order chi connectivity index (χ1) is 6.20. The van der Waals surface area contributed by atoms with Gasteiger partial charge >= 0.3 is 0 Å². The van der Waals surface area contributed by atoms with Crippen LogP contribution < -0.4 is 5.73 Å². The number of anilines is 1. The van der Waals surface area contributed by atoms with Gasteiger partial charge in [-0.15, -0.1) is 0 Å². The Hall–Kier alpha value is -1.70. The number of hydrogen-bond acceptors (Lipinski definition) is 2. The Morgan fingerprint density at radius 3 is 2.46 bits per heavy atom. The van der Waals surface area contributed by atoms with E-state index in [1.165, 1.54) is 0 Å². The third-order valence-electron chi connectivity index (χ3n) is 2.32. The third kappa shape index (κ3) is 1.11. The quantitative estimate of drug-likeness (QED) is 0.601. The molecule has 0 saturated heterocycles. The lowest BCUT2D eigenvalue weighted by molar-refractivity contribution is 0.472. The van der Waals surface area contributed by atoms with E-state index >= 15 is 0 Å². The van der Waals surface area contributed by atoms with E-state index in [-0.39, 0.29) is 5.75 Å². The number of phenols is 1. The Balaban J connectivity index is 2.97. The van der Waals surface area contributed by atoms with Gasteiger partial charge in [0.2, 0.25) is 0 Å². The number of rotatable bonds is 0. The van der Waals surface area contributed by atoms with E-state index in [9.17, 15) is 5.11 Å². The van der Waals surface area contributed by atoms with Crippen molar-refractivity contribution in [1.82, 2.24) is 0 Å². The van der Waals surface area contributed by atoms with Crippen molar-refractivity contribution in [2.24, 2.45) is 0 Å². The zero-order chi connectivity index (χ0) is 9.42. The number of benzene rings is 2. The number of hydrogen-bond donors (Lipinski definition) is 2. The first-order valence-corrected chi connectivity index (χ1v) is 4.17. The summed E-state index contributed by atoms with van der Waals surface area (Å²) in [5.41, 5.74) is 7.27. The van der Waals surface area contributed by atoms with Gasteiger partial charge in [-0.3, -0.25) is 0 Å². The maximum Gasteiger partial charge on any atom is 0.121 e. The summed E-state index contributed by atoms with van der Waals surface area (Å²) >= 11 is 0. The van der Waals surface area contributed by atoms with Crippen LogP contribution in [0.3, 0.4) is 0 Å². The molecule has 2 nitrogen and oxygen atoms in total. The van der Waals surface area contributed by atoms with Crippen molar-refractivity contribution >= 4 is 16.5 Å². The van der Waals surface area contributed by atoms with Crippen LogP contribution in [0.5, 0.6) is 5.75 Å². The molecule has 0 aromatic heterocycles. The van der Waals surface area contributed by atoms with E-state index in [0.717, 1.165) is 16.3 Å². The molecule has 2 aromatic carbocycles. The molecule has 0 radical (unpaired) electrons. The predicted octanol–water partition coefficient (Wildman–Crippen LogP) is 2.44. The van der Waals surface area contributed by atoms with Crippen LogP contribution in [0.15, 0.2) is 30.3 Å². The van der Waals surface area contributed by atoms with Gasteiger partial charge in [-0.1, -0.05) is 24.3 Å². The Morgan fingerprint density at radius 2 is 1.77 bits per heavy atom. The molecule has 0 atom stereocenters. The van der Waals surface area contributed by atoms with Gasteiger partial charge in [-0.25, -0.2) is 0 Å². The minimum atomic E-state index is 0.260. The molecule has 66 valence electrons. The zero-order valence-corrected chi connectivity index (χ0v) is 7.41. The molecule has 2 heteroatoms. The molecule has 0 heterocycles. The highest BCUT2D eigenvalue weighted by Crippen LogP contribution is 2.30. The molecule has 0 aliphatic heterocycles. The van der Waals surface area contributed by atoms with Crippen molar-refractivity contribution in [3.63, 3.8) is 0 Å². The monoisotopic (exact) mass is 173 g/mol. The Bertz CT molecular complexity index is 463. The summed E-state index contributed by atoms with van der Waals surface area (Å²) in [4.78, 5) is 0. The van der Waals surface area contributed by atoms with Crippen LogP contribution in [-0.4, -0.2) is 5.11 Å². The molecule has 13 heavy (non-hydrogen) atoms. The first-order valence-electron chi connectivity index (χ1n) is 4.17. The maximum atomic E-state index is 9.52. The third-order valence-corrected chi connectivity index (χ3v) is 2.32. The van der Waals surface area contributed by atoms with Crippen molar-refractivity contribution < 1.29 is 5.11 Å². The number of phenolic OH excluding ortho intramolecular Hbond substituents is 1. The fraction of sp³-hybridized carbons (Fsp3) is 0.0909. The summed E-state index contributed by atoms with van der Waals surface area (Å²) in [6.45, 7) is 1.89. The number of nitrogen functional groups attached to an aromatic ring is 1. The first kappa shape index (κ1) is 7.92. The average Bonchev–Trinajstić information content (AvgIpc) is 2.15. The van der Waals surface area contributed by atoms with Crippen LogP contribution in [0.2, 0.25) is 0 Å². The van der Waals surface area contributed by atoms with Crippen LogP contribution in [-0.2, 0) is 0 Å². The van der Waals surface area contributed by atoms with Crippen LogP contribution in [0, 0.1) is 6.92 Å². The van der Waals surface area contributed by atoms with Crippen LogP contribution >= 0.6 is 0 Å². The smallest absolute Gasteiger partial charge is 0.121 e. The summed E-state index contributed by atoms with van der Waals surface area (Å²) in [6.07, 6.45) is 0. The number of fused-ring (bicyclic) bond motifs is 1.